The van der Waals surface area contributed by atoms with Crippen LogP contribution in [0.5, 0.6) is 0 Å². The normalized spacial score (nSPS) is 26.0. The molecule has 1 heterocycles. The maximum Gasteiger partial charge on any atom is 0.225 e. The average Bonchev–Trinajstić information content (AvgIpc) is 2.30. The van der Waals surface area contributed by atoms with E-state index < -0.39 is 13.5 Å². The topological polar surface area (TPSA) is 20.3 Å². The molecule has 0 N–H and O–H groups in total. The van der Waals surface area contributed by atoms with Gasteiger partial charge in [0.2, 0.25) is 5.91 Å². The summed E-state index contributed by atoms with van der Waals surface area (Å²) in [6.07, 6.45) is 0.167. The molecule has 1 aliphatic heterocycles. The van der Waals surface area contributed by atoms with Gasteiger partial charge < -0.3 is 4.90 Å². The van der Waals surface area contributed by atoms with E-state index in [1.165, 1.54) is 0 Å². The minimum absolute atomic E-state index is 0.167. The molecule has 0 aromatic heterocycles. The van der Waals surface area contributed by atoms with Crippen molar-refractivity contribution in [2.45, 2.75) is 6.42 Å². The molecule has 0 aromatic carbocycles. The largest absolute Gasteiger partial charge is 0.315 e. The molecule has 1 atom stereocenters. The average molecular weight is 149 g/mol. The van der Waals surface area contributed by atoms with Crippen LogP contribution in [0.1, 0.15) is 6.42 Å². The van der Waals surface area contributed by atoms with E-state index in [2.05, 4.69) is 0 Å². The predicted octanol–water partition coefficient (Wildman–Crippen LogP) is 0.731. The molecule has 10 heavy (non-hydrogen) atoms. The Morgan fingerprint density at radius 3 is 2.60 bits per heavy atom. The van der Waals surface area contributed by atoms with Gasteiger partial charge in [-0.2, -0.15) is 0 Å². The van der Waals surface area contributed by atoms with E-state index in [4.69, 9.17) is 0 Å². The molecule has 1 fully saturated rings. The lowest BCUT2D eigenvalue weighted by Crippen LogP contribution is -2.23. The van der Waals surface area contributed by atoms with Gasteiger partial charge in [0, 0.05) is 18.9 Å². The first-order valence-corrected chi connectivity index (χ1v) is 3.17. The molecular formula is C6H9F2NO. The van der Waals surface area contributed by atoms with Crippen LogP contribution in [0, 0.1) is 5.92 Å². The lowest BCUT2D eigenvalue weighted by atomic mass is 10.1. The van der Waals surface area contributed by atoms with Gasteiger partial charge in [-0.05, 0) is 0 Å². The van der Waals surface area contributed by atoms with Crippen LogP contribution in [-0.4, -0.2) is 30.8 Å². The monoisotopic (exact) mass is 149 g/mol. The molecule has 1 unspecified atom stereocenters. The van der Waals surface area contributed by atoms with E-state index in [1.54, 1.807) is 0 Å². The maximum absolute atomic E-state index is 11.9. The molecule has 0 saturated carbocycles. The molecule has 0 spiro atoms. The molecule has 1 rings (SSSR count). The van der Waals surface area contributed by atoms with Gasteiger partial charge in [0.05, 0.1) is 6.67 Å². The first-order valence-electron chi connectivity index (χ1n) is 3.17. The van der Waals surface area contributed by atoms with Gasteiger partial charge in [-0.15, -0.1) is 0 Å². The van der Waals surface area contributed by atoms with E-state index in [-0.39, 0.29) is 24.8 Å². The standard InChI is InChI=1S/C6H9F2NO/c7-2-5-1-6(10)9(3-5)4-8/h5H,1-4H2. The Kier molecular flexibility index (Phi) is 2.19. The van der Waals surface area contributed by atoms with Crippen molar-refractivity contribution in [2.75, 3.05) is 20.0 Å². The second-order valence-electron chi connectivity index (χ2n) is 2.46. The van der Waals surface area contributed by atoms with Gasteiger partial charge in [0.15, 0.2) is 6.80 Å². The molecule has 0 aromatic rings. The quantitative estimate of drug-likeness (QED) is 0.530. The molecule has 0 radical (unpaired) electrons. The van der Waals surface area contributed by atoms with Gasteiger partial charge in [0.25, 0.3) is 0 Å². The predicted molar refractivity (Wildman–Crippen MR) is 31.8 cm³/mol. The molecule has 2 nitrogen and oxygen atoms in total. The number of hydrogen-bond acceptors (Lipinski definition) is 1. The van der Waals surface area contributed by atoms with E-state index in [0.717, 1.165) is 4.90 Å². The molecule has 1 saturated heterocycles. The zero-order valence-corrected chi connectivity index (χ0v) is 5.52. The fraction of sp³-hybridized carbons (Fsp3) is 0.833. The highest BCUT2D eigenvalue weighted by Gasteiger charge is 2.28. The Bertz CT molecular complexity index is 140. The SMILES string of the molecule is O=C1CC(CF)CN1CF. The van der Waals surface area contributed by atoms with Crippen LogP contribution in [-0.2, 0) is 4.79 Å². The summed E-state index contributed by atoms with van der Waals surface area (Å²) >= 11 is 0. The van der Waals surface area contributed by atoms with Crippen LogP contribution in [0.4, 0.5) is 8.78 Å². The Hall–Kier alpha value is -0.670. The zero-order chi connectivity index (χ0) is 7.56. The van der Waals surface area contributed by atoms with Crippen LogP contribution < -0.4 is 0 Å². The Labute approximate surface area is 57.8 Å². The van der Waals surface area contributed by atoms with E-state index >= 15 is 0 Å². The Morgan fingerprint density at radius 2 is 2.30 bits per heavy atom. The number of likely N-dealkylation sites (tertiary alicyclic amines) is 1. The fourth-order valence-corrected chi connectivity index (χ4v) is 1.07. The third-order valence-corrected chi connectivity index (χ3v) is 1.66. The summed E-state index contributed by atoms with van der Waals surface area (Å²) in [6, 6.07) is 0. The Balaban J connectivity index is 2.44. The molecule has 58 valence electrons. The molecule has 0 aliphatic carbocycles. The van der Waals surface area contributed by atoms with Gasteiger partial charge in [0.1, 0.15) is 0 Å². The fourth-order valence-electron chi connectivity index (χ4n) is 1.07. The second kappa shape index (κ2) is 2.94. The number of amides is 1. The summed E-state index contributed by atoms with van der Waals surface area (Å²) in [5.74, 6) is -0.548. The van der Waals surface area contributed by atoms with Crippen LogP contribution in [0.15, 0.2) is 0 Å². The lowest BCUT2D eigenvalue weighted by Gasteiger charge is -2.08. The van der Waals surface area contributed by atoms with E-state index in [0.29, 0.717) is 0 Å². The third-order valence-electron chi connectivity index (χ3n) is 1.66. The maximum atomic E-state index is 11.9. The zero-order valence-electron chi connectivity index (χ0n) is 5.52. The van der Waals surface area contributed by atoms with Crippen LogP contribution >= 0.6 is 0 Å². The minimum atomic E-state index is -0.782. The molecule has 1 aliphatic rings. The number of alkyl halides is 2. The van der Waals surface area contributed by atoms with Gasteiger partial charge in [-0.1, -0.05) is 0 Å². The number of halogens is 2. The van der Waals surface area contributed by atoms with E-state index in [9.17, 15) is 13.6 Å². The summed E-state index contributed by atoms with van der Waals surface area (Å²) in [5, 5.41) is 0. The second-order valence-corrected chi connectivity index (χ2v) is 2.46. The first kappa shape index (κ1) is 7.44. The van der Waals surface area contributed by atoms with Crippen molar-refractivity contribution in [2.24, 2.45) is 5.92 Å². The third kappa shape index (κ3) is 1.25. The van der Waals surface area contributed by atoms with Crippen molar-refractivity contribution in [3.05, 3.63) is 0 Å². The summed E-state index contributed by atoms with van der Waals surface area (Å²) in [5.41, 5.74) is 0. The summed E-state index contributed by atoms with van der Waals surface area (Å²) in [4.78, 5) is 11.7. The summed E-state index contributed by atoms with van der Waals surface area (Å²) in [6.45, 7) is -1.07. The van der Waals surface area contributed by atoms with E-state index in [1.807, 2.05) is 0 Å². The number of carbonyl (C=O) groups excluding carboxylic acids is 1. The molecule has 4 heteroatoms. The number of carbonyl (C=O) groups is 1. The van der Waals surface area contributed by atoms with Crippen molar-refractivity contribution < 1.29 is 13.6 Å². The summed E-state index contributed by atoms with van der Waals surface area (Å²) < 4.78 is 23.7. The lowest BCUT2D eigenvalue weighted by molar-refractivity contribution is -0.129. The van der Waals surface area contributed by atoms with Crippen molar-refractivity contribution >= 4 is 5.91 Å². The Morgan fingerprint density at radius 1 is 1.60 bits per heavy atom. The van der Waals surface area contributed by atoms with Crippen LogP contribution in [0.25, 0.3) is 0 Å². The van der Waals surface area contributed by atoms with Crippen molar-refractivity contribution in [3.63, 3.8) is 0 Å². The molecular weight excluding hydrogens is 140 g/mol. The molecule has 1 amide bonds. The smallest absolute Gasteiger partial charge is 0.225 e. The minimum Gasteiger partial charge on any atom is -0.315 e. The van der Waals surface area contributed by atoms with Crippen LogP contribution in [0.2, 0.25) is 0 Å². The first-order chi connectivity index (χ1) is 4.77. The van der Waals surface area contributed by atoms with Crippen molar-refractivity contribution in [1.29, 1.82) is 0 Å². The van der Waals surface area contributed by atoms with Crippen molar-refractivity contribution in [1.82, 2.24) is 4.90 Å². The van der Waals surface area contributed by atoms with Gasteiger partial charge >= 0.3 is 0 Å². The van der Waals surface area contributed by atoms with Gasteiger partial charge in [-0.25, -0.2) is 4.39 Å². The van der Waals surface area contributed by atoms with Crippen molar-refractivity contribution in [3.8, 4) is 0 Å². The number of hydrogen-bond donors (Lipinski definition) is 0. The molecule has 0 bridgehead atoms. The van der Waals surface area contributed by atoms with Gasteiger partial charge in [-0.3, -0.25) is 9.18 Å². The number of rotatable bonds is 2. The highest BCUT2D eigenvalue weighted by Crippen LogP contribution is 2.17. The highest BCUT2D eigenvalue weighted by atomic mass is 19.1. The summed E-state index contributed by atoms with van der Waals surface area (Å²) in [7, 11) is 0. The number of nitrogens with zero attached hydrogens (tertiary/aromatic N) is 1. The van der Waals surface area contributed by atoms with Crippen LogP contribution in [0.3, 0.4) is 0 Å². The highest BCUT2D eigenvalue weighted by molar-refractivity contribution is 5.78.